The van der Waals surface area contributed by atoms with E-state index in [0.29, 0.717) is 11.8 Å². The molecule has 0 radical (unpaired) electrons. The van der Waals surface area contributed by atoms with Gasteiger partial charge in [0, 0.05) is 19.1 Å². The molecule has 4 rings (SSSR count). The lowest BCUT2D eigenvalue weighted by atomic mass is 9.90. The van der Waals surface area contributed by atoms with E-state index >= 15 is 0 Å². The average molecular weight is 353 g/mol. The van der Waals surface area contributed by atoms with Crippen LogP contribution in [0.5, 0.6) is 5.75 Å². The Morgan fingerprint density at radius 2 is 1.58 bits per heavy atom. The maximum atomic E-state index is 11.1. The minimum atomic E-state index is -0.700. The number of aromatic hydroxyl groups is 1. The molecule has 1 heterocycles. The van der Waals surface area contributed by atoms with Crippen LogP contribution in [0.2, 0.25) is 0 Å². The predicted molar refractivity (Wildman–Crippen MR) is 101 cm³/mol. The normalized spacial score (nSPS) is 29.6. The lowest BCUT2D eigenvalue weighted by molar-refractivity contribution is 0.0273. The molecule has 2 aliphatic rings. The first kappa shape index (κ1) is 17.5. The summed E-state index contributed by atoms with van der Waals surface area (Å²) < 4.78 is 0. The van der Waals surface area contributed by atoms with Crippen molar-refractivity contribution in [1.82, 2.24) is 4.90 Å². The summed E-state index contributed by atoms with van der Waals surface area (Å²) in [5, 5.41) is 30.5. The first-order valence-electron chi connectivity index (χ1n) is 9.48. The topological polar surface area (TPSA) is 63.9 Å². The number of fused-ring (bicyclic) bond motifs is 1. The van der Waals surface area contributed by atoms with Gasteiger partial charge in [-0.05, 0) is 54.4 Å². The summed E-state index contributed by atoms with van der Waals surface area (Å²) in [7, 11) is 0. The quantitative estimate of drug-likeness (QED) is 0.773. The molecule has 3 N–H and O–H groups in total. The van der Waals surface area contributed by atoms with Crippen LogP contribution in [0.25, 0.3) is 0 Å². The molecule has 138 valence electrons. The van der Waals surface area contributed by atoms with Gasteiger partial charge in [0.05, 0.1) is 12.2 Å². The fourth-order valence-corrected chi connectivity index (χ4v) is 4.88. The summed E-state index contributed by atoms with van der Waals surface area (Å²) in [6.07, 6.45) is 2.38. The van der Waals surface area contributed by atoms with Crippen molar-refractivity contribution in [3.05, 3.63) is 65.7 Å². The summed E-state index contributed by atoms with van der Waals surface area (Å²) >= 11 is 0. The fourth-order valence-electron chi connectivity index (χ4n) is 4.88. The zero-order valence-electron chi connectivity index (χ0n) is 15.0. The Labute approximate surface area is 154 Å². The number of rotatable bonds is 5. The minimum Gasteiger partial charge on any atom is -0.508 e. The van der Waals surface area contributed by atoms with Gasteiger partial charge in [-0.2, -0.15) is 0 Å². The van der Waals surface area contributed by atoms with Crippen molar-refractivity contribution in [1.29, 1.82) is 0 Å². The minimum absolute atomic E-state index is 0.0926. The number of hydrogen-bond donors (Lipinski definition) is 3. The average Bonchev–Trinajstić information content (AvgIpc) is 3.18. The van der Waals surface area contributed by atoms with E-state index in [2.05, 4.69) is 4.90 Å². The number of phenols is 1. The molecule has 3 atom stereocenters. The maximum absolute atomic E-state index is 11.1. The number of likely N-dealkylation sites (tertiary alicyclic amines) is 1. The summed E-state index contributed by atoms with van der Waals surface area (Å²) in [5.74, 6) is 1.23. The van der Waals surface area contributed by atoms with Gasteiger partial charge < -0.3 is 15.3 Å². The molecule has 4 nitrogen and oxygen atoms in total. The number of nitrogens with zero attached hydrogens (tertiary/aromatic N) is 1. The van der Waals surface area contributed by atoms with Crippen molar-refractivity contribution in [2.45, 2.75) is 30.9 Å². The molecule has 0 amide bonds. The molecule has 2 fully saturated rings. The van der Waals surface area contributed by atoms with Gasteiger partial charge in [-0.1, -0.05) is 42.5 Å². The van der Waals surface area contributed by atoms with Crippen molar-refractivity contribution in [2.75, 3.05) is 19.7 Å². The molecule has 4 heteroatoms. The third-order valence-electron chi connectivity index (χ3n) is 6.25. The molecule has 0 bridgehead atoms. The summed E-state index contributed by atoms with van der Waals surface area (Å²) in [6, 6.07) is 17.4. The molecule has 26 heavy (non-hydrogen) atoms. The number of aliphatic hydroxyl groups is 2. The fraction of sp³-hybridized carbons (Fsp3) is 0.455. The van der Waals surface area contributed by atoms with Crippen molar-refractivity contribution in [2.24, 2.45) is 11.8 Å². The van der Waals surface area contributed by atoms with E-state index in [-0.39, 0.29) is 18.4 Å². The van der Waals surface area contributed by atoms with E-state index in [4.69, 9.17) is 0 Å². The van der Waals surface area contributed by atoms with Crippen LogP contribution in [0.3, 0.4) is 0 Å². The van der Waals surface area contributed by atoms with Crippen LogP contribution >= 0.6 is 0 Å². The van der Waals surface area contributed by atoms with Gasteiger partial charge in [0.2, 0.25) is 0 Å². The van der Waals surface area contributed by atoms with E-state index in [0.717, 1.165) is 43.5 Å². The third-order valence-corrected chi connectivity index (χ3v) is 6.25. The van der Waals surface area contributed by atoms with Gasteiger partial charge in [0.15, 0.2) is 0 Å². The highest BCUT2D eigenvalue weighted by molar-refractivity contribution is 5.27. The number of phenolic OH excluding ortho intramolecular Hbond substituents is 1. The zero-order valence-corrected chi connectivity index (χ0v) is 15.0. The Morgan fingerprint density at radius 1 is 0.962 bits per heavy atom. The van der Waals surface area contributed by atoms with Crippen LogP contribution in [0, 0.1) is 11.8 Å². The Hall–Kier alpha value is -1.88. The Bertz CT molecular complexity index is 717. The monoisotopic (exact) mass is 353 g/mol. The molecular weight excluding hydrogens is 326 g/mol. The van der Waals surface area contributed by atoms with Crippen LogP contribution in [0.4, 0.5) is 0 Å². The highest BCUT2D eigenvalue weighted by atomic mass is 16.3. The van der Waals surface area contributed by atoms with Crippen molar-refractivity contribution < 1.29 is 15.3 Å². The highest BCUT2D eigenvalue weighted by Crippen LogP contribution is 2.49. The molecular formula is C22H27NO3. The second-order valence-corrected chi connectivity index (χ2v) is 7.99. The largest absolute Gasteiger partial charge is 0.508 e. The lowest BCUT2D eigenvalue weighted by Crippen LogP contribution is -2.39. The van der Waals surface area contributed by atoms with E-state index in [1.165, 1.54) is 0 Å². The molecule has 1 aliphatic heterocycles. The Kier molecular flexibility index (Phi) is 4.74. The smallest absolute Gasteiger partial charge is 0.115 e. The van der Waals surface area contributed by atoms with Crippen molar-refractivity contribution >= 4 is 0 Å². The molecule has 3 unspecified atom stereocenters. The third kappa shape index (κ3) is 3.37. The van der Waals surface area contributed by atoms with Crippen LogP contribution < -0.4 is 0 Å². The van der Waals surface area contributed by atoms with Crippen LogP contribution in [0.1, 0.15) is 24.0 Å². The standard InChI is InChI=1S/C22H27NO3/c24-15-20(10-16-6-8-21(25)9-7-16)23-13-17-11-22(26,12-18(17)14-23)19-4-2-1-3-5-19/h1-9,17-18,20,24-26H,10-15H2. The van der Waals surface area contributed by atoms with E-state index < -0.39 is 5.60 Å². The van der Waals surface area contributed by atoms with Gasteiger partial charge >= 0.3 is 0 Å². The van der Waals surface area contributed by atoms with Crippen molar-refractivity contribution in [3.8, 4) is 5.75 Å². The first-order valence-corrected chi connectivity index (χ1v) is 9.48. The Morgan fingerprint density at radius 3 is 2.15 bits per heavy atom. The second-order valence-electron chi connectivity index (χ2n) is 7.99. The van der Waals surface area contributed by atoms with E-state index in [1.54, 1.807) is 12.1 Å². The van der Waals surface area contributed by atoms with Gasteiger partial charge in [-0.3, -0.25) is 4.90 Å². The van der Waals surface area contributed by atoms with E-state index in [9.17, 15) is 15.3 Å². The Balaban J connectivity index is 1.41. The van der Waals surface area contributed by atoms with Crippen molar-refractivity contribution in [3.63, 3.8) is 0 Å². The number of hydrogen-bond acceptors (Lipinski definition) is 4. The molecule has 1 aliphatic carbocycles. The summed E-state index contributed by atoms with van der Waals surface area (Å²) in [5.41, 5.74) is 1.46. The molecule has 0 aromatic heterocycles. The zero-order chi connectivity index (χ0) is 18.1. The molecule has 2 aromatic carbocycles. The molecule has 0 spiro atoms. The van der Waals surface area contributed by atoms with E-state index in [1.807, 2.05) is 42.5 Å². The first-order chi connectivity index (χ1) is 12.6. The van der Waals surface area contributed by atoms with Gasteiger partial charge in [0.1, 0.15) is 5.75 Å². The molecule has 1 saturated heterocycles. The van der Waals surface area contributed by atoms with Gasteiger partial charge in [0.25, 0.3) is 0 Å². The summed E-state index contributed by atoms with van der Waals surface area (Å²) in [6.45, 7) is 2.00. The maximum Gasteiger partial charge on any atom is 0.115 e. The number of aliphatic hydroxyl groups excluding tert-OH is 1. The SMILES string of the molecule is OCC(Cc1ccc(O)cc1)N1CC2CC(O)(c3ccccc3)CC2C1. The predicted octanol–water partition coefficient (Wildman–Crippen LogP) is 2.53. The van der Waals surface area contributed by atoms with Gasteiger partial charge in [-0.15, -0.1) is 0 Å². The highest BCUT2D eigenvalue weighted by Gasteiger charge is 2.49. The van der Waals surface area contributed by atoms with Crippen LogP contribution in [-0.4, -0.2) is 46.0 Å². The second kappa shape index (κ2) is 7.03. The molecule has 1 saturated carbocycles. The molecule has 2 aromatic rings. The van der Waals surface area contributed by atoms with Gasteiger partial charge in [-0.25, -0.2) is 0 Å². The lowest BCUT2D eigenvalue weighted by Gasteiger charge is -2.30. The number of benzene rings is 2. The van der Waals surface area contributed by atoms with Crippen LogP contribution in [-0.2, 0) is 12.0 Å². The summed E-state index contributed by atoms with van der Waals surface area (Å²) in [4.78, 5) is 2.38. The van der Waals surface area contributed by atoms with Crippen LogP contribution in [0.15, 0.2) is 54.6 Å².